The molecule has 0 spiro atoms. The van der Waals surface area contributed by atoms with Crippen molar-refractivity contribution in [3.63, 3.8) is 0 Å². The minimum Gasteiger partial charge on any atom is -0.383 e. The molecule has 1 heterocycles. The first-order chi connectivity index (χ1) is 9.40. The van der Waals surface area contributed by atoms with E-state index >= 15 is 0 Å². The molecule has 0 radical (unpaired) electrons. The molecule has 0 fully saturated rings. The summed E-state index contributed by atoms with van der Waals surface area (Å²) in [6.07, 6.45) is 0. The van der Waals surface area contributed by atoms with Gasteiger partial charge >= 0.3 is 0 Å². The standard InChI is InChI=1S/C15H16ClNO2S/c1-10-8-11(5-6-12(10)16)14(18)17-9-15(2,19)13-4-3-7-20-13/h3-8,19H,9H2,1-2H3,(H,17,18). The second kappa shape index (κ2) is 5.95. The number of hydrogen-bond donors (Lipinski definition) is 2. The van der Waals surface area contributed by atoms with Crippen molar-refractivity contribution in [3.8, 4) is 0 Å². The topological polar surface area (TPSA) is 49.3 Å². The summed E-state index contributed by atoms with van der Waals surface area (Å²) in [6, 6.07) is 8.83. The van der Waals surface area contributed by atoms with Gasteiger partial charge in [0.05, 0.1) is 6.54 Å². The molecule has 106 valence electrons. The molecule has 5 heteroatoms. The van der Waals surface area contributed by atoms with Crippen LogP contribution < -0.4 is 5.32 Å². The van der Waals surface area contributed by atoms with Crippen LogP contribution in [0.4, 0.5) is 0 Å². The van der Waals surface area contributed by atoms with Crippen LogP contribution in [0.2, 0.25) is 5.02 Å². The number of aryl methyl sites for hydroxylation is 1. The second-order valence-electron chi connectivity index (χ2n) is 4.90. The Morgan fingerprint density at radius 3 is 2.80 bits per heavy atom. The zero-order valence-corrected chi connectivity index (χ0v) is 12.9. The molecular weight excluding hydrogens is 294 g/mol. The molecule has 3 nitrogen and oxygen atoms in total. The van der Waals surface area contributed by atoms with Gasteiger partial charge in [0, 0.05) is 15.5 Å². The summed E-state index contributed by atoms with van der Waals surface area (Å²) in [6.45, 7) is 3.70. The van der Waals surface area contributed by atoms with Gasteiger partial charge in [-0.25, -0.2) is 0 Å². The minimum absolute atomic E-state index is 0.161. The summed E-state index contributed by atoms with van der Waals surface area (Å²) in [7, 11) is 0. The molecule has 1 amide bonds. The van der Waals surface area contributed by atoms with Gasteiger partial charge in [0.2, 0.25) is 0 Å². The highest BCUT2D eigenvalue weighted by atomic mass is 35.5. The Labute approximate surface area is 127 Å². The Kier molecular flexibility index (Phi) is 4.48. The molecule has 1 unspecified atom stereocenters. The van der Waals surface area contributed by atoms with Gasteiger partial charge in [-0.3, -0.25) is 4.79 Å². The fraction of sp³-hybridized carbons (Fsp3) is 0.267. The molecule has 2 rings (SSSR count). The Morgan fingerprint density at radius 2 is 2.20 bits per heavy atom. The van der Waals surface area contributed by atoms with Gasteiger partial charge in [-0.1, -0.05) is 17.7 Å². The van der Waals surface area contributed by atoms with E-state index in [0.717, 1.165) is 10.4 Å². The number of carbonyl (C=O) groups is 1. The Hall–Kier alpha value is -1.36. The van der Waals surface area contributed by atoms with Crippen molar-refractivity contribution in [1.82, 2.24) is 5.32 Å². The zero-order valence-electron chi connectivity index (χ0n) is 11.3. The van der Waals surface area contributed by atoms with Crippen LogP contribution in [0.3, 0.4) is 0 Å². The number of thiophene rings is 1. The average molecular weight is 310 g/mol. The number of rotatable bonds is 4. The van der Waals surface area contributed by atoms with Gasteiger partial charge < -0.3 is 10.4 Å². The zero-order chi connectivity index (χ0) is 14.8. The van der Waals surface area contributed by atoms with Crippen molar-refractivity contribution in [2.75, 3.05) is 6.54 Å². The molecular formula is C15H16ClNO2S. The molecule has 1 aromatic heterocycles. The Balaban J connectivity index is 2.03. The maximum atomic E-state index is 12.1. The van der Waals surface area contributed by atoms with E-state index in [9.17, 15) is 9.90 Å². The van der Waals surface area contributed by atoms with Crippen LogP contribution in [0.1, 0.15) is 27.7 Å². The van der Waals surface area contributed by atoms with Crippen LogP contribution in [0.15, 0.2) is 35.7 Å². The van der Waals surface area contributed by atoms with Crippen LogP contribution in [0.25, 0.3) is 0 Å². The highest BCUT2D eigenvalue weighted by molar-refractivity contribution is 7.10. The lowest BCUT2D eigenvalue weighted by molar-refractivity contribution is 0.0557. The van der Waals surface area contributed by atoms with Crippen LogP contribution in [0.5, 0.6) is 0 Å². The summed E-state index contributed by atoms with van der Waals surface area (Å²) >= 11 is 7.40. The van der Waals surface area contributed by atoms with Gasteiger partial charge in [0.25, 0.3) is 5.91 Å². The quantitative estimate of drug-likeness (QED) is 0.910. The number of aliphatic hydroxyl groups is 1. The molecule has 0 bridgehead atoms. The molecule has 0 aliphatic rings. The summed E-state index contributed by atoms with van der Waals surface area (Å²) in [4.78, 5) is 12.9. The van der Waals surface area contributed by atoms with Gasteiger partial charge in [0.1, 0.15) is 5.60 Å². The first kappa shape index (κ1) is 15.0. The first-order valence-electron chi connectivity index (χ1n) is 6.21. The van der Waals surface area contributed by atoms with E-state index in [2.05, 4.69) is 5.32 Å². The van der Waals surface area contributed by atoms with Gasteiger partial charge in [-0.2, -0.15) is 0 Å². The van der Waals surface area contributed by atoms with E-state index in [-0.39, 0.29) is 12.5 Å². The molecule has 2 N–H and O–H groups in total. The van der Waals surface area contributed by atoms with Crippen molar-refractivity contribution in [1.29, 1.82) is 0 Å². The third-order valence-corrected chi connectivity index (χ3v) is 4.61. The number of carbonyl (C=O) groups excluding carboxylic acids is 1. The molecule has 0 aliphatic carbocycles. The van der Waals surface area contributed by atoms with Crippen molar-refractivity contribution < 1.29 is 9.90 Å². The largest absolute Gasteiger partial charge is 0.383 e. The lowest BCUT2D eigenvalue weighted by Gasteiger charge is -2.22. The molecule has 0 saturated carbocycles. The van der Waals surface area contributed by atoms with Crippen molar-refractivity contribution in [2.24, 2.45) is 0 Å². The van der Waals surface area contributed by atoms with Crippen LogP contribution in [-0.4, -0.2) is 17.6 Å². The van der Waals surface area contributed by atoms with Crippen molar-refractivity contribution >= 4 is 28.8 Å². The third-order valence-electron chi connectivity index (χ3n) is 3.07. The third kappa shape index (κ3) is 3.39. The highest BCUT2D eigenvalue weighted by Gasteiger charge is 2.25. The van der Waals surface area contributed by atoms with Crippen molar-refractivity contribution in [3.05, 3.63) is 56.7 Å². The summed E-state index contributed by atoms with van der Waals surface area (Å²) in [5.74, 6) is -0.221. The Bertz CT molecular complexity index is 608. The first-order valence-corrected chi connectivity index (χ1v) is 7.46. The number of nitrogens with one attached hydrogen (secondary N) is 1. The fourth-order valence-corrected chi connectivity index (χ4v) is 2.72. The lowest BCUT2D eigenvalue weighted by atomic mass is 10.0. The van der Waals surface area contributed by atoms with Crippen molar-refractivity contribution in [2.45, 2.75) is 19.4 Å². The van der Waals surface area contributed by atoms with E-state index in [1.54, 1.807) is 25.1 Å². The van der Waals surface area contributed by atoms with E-state index in [1.807, 2.05) is 24.4 Å². The van der Waals surface area contributed by atoms with Crippen LogP contribution in [-0.2, 0) is 5.60 Å². The maximum absolute atomic E-state index is 12.1. The number of amides is 1. The smallest absolute Gasteiger partial charge is 0.251 e. The molecule has 20 heavy (non-hydrogen) atoms. The molecule has 1 atom stereocenters. The predicted molar refractivity (Wildman–Crippen MR) is 82.4 cm³/mol. The Morgan fingerprint density at radius 1 is 1.45 bits per heavy atom. The van der Waals surface area contributed by atoms with Crippen LogP contribution in [0, 0.1) is 6.92 Å². The SMILES string of the molecule is Cc1cc(C(=O)NCC(C)(O)c2cccs2)ccc1Cl. The van der Waals surface area contributed by atoms with Gasteiger partial charge in [0.15, 0.2) is 0 Å². The minimum atomic E-state index is -1.06. The van der Waals surface area contributed by atoms with Crippen LogP contribution >= 0.6 is 22.9 Å². The monoisotopic (exact) mass is 309 g/mol. The summed E-state index contributed by atoms with van der Waals surface area (Å²) in [5, 5.41) is 15.6. The van der Waals surface area contributed by atoms with E-state index < -0.39 is 5.60 Å². The average Bonchev–Trinajstić information content (AvgIpc) is 2.94. The highest BCUT2D eigenvalue weighted by Crippen LogP contribution is 2.24. The van der Waals surface area contributed by atoms with E-state index in [4.69, 9.17) is 11.6 Å². The second-order valence-corrected chi connectivity index (χ2v) is 6.25. The normalized spacial score (nSPS) is 13.8. The molecule has 0 aliphatic heterocycles. The maximum Gasteiger partial charge on any atom is 0.251 e. The van der Waals surface area contributed by atoms with E-state index in [1.165, 1.54) is 11.3 Å². The van der Waals surface area contributed by atoms with Gasteiger partial charge in [-0.15, -0.1) is 11.3 Å². The fourth-order valence-electron chi connectivity index (χ4n) is 1.81. The number of benzene rings is 1. The lowest BCUT2D eigenvalue weighted by Crippen LogP contribution is -2.38. The number of halogens is 1. The predicted octanol–water partition coefficient (Wildman–Crippen LogP) is 3.35. The van der Waals surface area contributed by atoms with E-state index in [0.29, 0.717) is 10.6 Å². The number of hydrogen-bond acceptors (Lipinski definition) is 3. The summed E-state index contributed by atoms with van der Waals surface area (Å²) in [5.41, 5.74) is 0.323. The molecule has 0 saturated heterocycles. The molecule has 1 aromatic carbocycles. The molecule has 2 aromatic rings. The summed E-state index contributed by atoms with van der Waals surface area (Å²) < 4.78 is 0. The van der Waals surface area contributed by atoms with Gasteiger partial charge in [-0.05, 0) is 49.1 Å².